The molecule has 1 aliphatic heterocycles. The molecule has 1 unspecified atom stereocenters. The lowest BCUT2D eigenvalue weighted by atomic mass is 10.0. The van der Waals surface area contributed by atoms with Gasteiger partial charge in [0.15, 0.2) is 5.78 Å². The van der Waals surface area contributed by atoms with Gasteiger partial charge in [-0.3, -0.25) is 4.79 Å². The van der Waals surface area contributed by atoms with Gasteiger partial charge in [-0.25, -0.2) is 0 Å². The lowest BCUT2D eigenvalue weighted by Crippen LogP contribution is -2.40. The molecule has 1 atom stereocenters. The van der Waals surface area contributed by atoms with Crippen molar-refractivity contribution < 1.29 is 14.3 Å². The smallest absolute Gasteiger partial charge is 0.191 e. The molecule has 1 aromatic rings. The van der Waals surface area contributed by atoms with Crippen molar-refractivity contribution in [1.82, 2.24) is 0 Å². The average molecular weight is 234 g/mol. The van der Waals surface area contributed by atoms with Gasteiger partial charge in [-0.1, -0.05) is 31.2 Å². The van der Waals surface area contributed by atoms with E-state index in [1.165, 1.54) is 5.56 Å². The predicted molar refractivity (Wildman–Crippen MR) is 65.3 cm³/mol. The van der Waals surface area contributed by atoms with E-state index in [-0.39, 0.29) is 11.9 Å². The van der Waals surface area contributed by atoms with Crippen molar-refractivity contribution in [2.45, 2.75) is 32.5 Å². The van der Waals surface area contributed by atoms with Crippen LogP contribution in [0.3, 0.4) is 0 Å². The van der Waals surface area contributed by atoms with E-state index in [4.69, 9.17) is 9.47 Å². The minimum absolute atomic E-state index is 0.0413. The fourth-order valence-corrected chi connectivity index (χ4v) is 1.78. The third-order valence-corrected chi connectivity index (χ3v) is 3.02. The van der Waals surface area contributed by atoms with E-state index in [1.54, 1.807) is 6.92 Å². The Morgan fingerprint density at radius 1 is 1.41 bits per heavy atom. The Hall–Kier alpha value is -1.19. The normalized spacial score (nSPS) is 17.5. The minimum atomic E-state index is -0.392. The fourth-order valence-electron chi connectivity index (χ4n) is 1.78. The van der Waals surface area contributed by atoms with Crippen LogP contribution in [0, 0.1) is 0 Å². The van der Waals surface area contributed by atoms with Crippen LogP contribution in [-0.4, -0.2) is 31.2 Å². The number of aryl methyl sites for hydroxylation is 1. The Kier molecular flexibility index (Phi) is 3.92. The number of rotatable bonds is 5. The monoisotopic (exact) mass is 234 g/mol. The first-order valence-corrected chi connectivity index (χ1v) is 6.07. The third kappa shape index (κ3) is 2.93. The Bertz CT molecular complexity index is 379. The Morgan fingerprint density at radius 2 is 2.06 bits per heavy atom. The van der Waals surface area contributed by atoms with Crippen LogP contribution in [0.15, 0.2) is 24.3 Å². The van der Waals surface area contributed by atoms with E-state index in [2.05, 4.69) is 6.92 Å². The van der Waals surface area contributed by atoms with Crippen LogP contribution in [0.4, 0.5) is 0 Å². The van der Waals surface area contributed by atoms with Crippen molar-refractivity contribution in [2.75, 3.05) is 13.2 Å². The van der Waals surface area contributed by atoms with E-state index < -0.39 is 6.10 Å². The maximum absolute atomic E-state index is 12.1. The summed E-state index contributed by atoms with van der Waals surface area (Å²) in [6.45, 7) is 5.10. The zero-order chi connectivity index (χ0) is 12.3. The van der Waals surface area contributed by atoms with E-state index in [0.29, 0.717) is 13.2 Å². The number of ketones is 1. The SMILES string of the molecule is CCc1ccc(C(=O)C(C)OC2COC2)cc1. The van der Waals surface area contributed by atoms with E-state index >= 15 is 0 Å². The number of carbonyl (C=O) groups excluding carboxylic acids is 1. The standard InChI is InChI=1S/C14H18O3/c1-3-11-4-6-12(7-5-11)14(15)10(2)17-13-8-16-9-13/h4-7,10,13H,3,8-9H2,1-2H3. The van der Waals surface area contributed by atoms with E-state index in [0.717, 1.165) is 12.0 Å². The molecule has 2 rings (SSSR count). The van der Waals surface area contributed by atoms with Gasteiger partial charge in [-0.15, -0.1) is 0 Å². The number of ether oxygens (including phenoxy) is 2. The second-order valence-electron chi connectivity index (χ2n) is 4.35. The summed E-state index contributed by atoms with van der Waals surface area (Å²) in [7, 11) is 0. The van der Waals surface area contributed by atoms with Gasteiger partial charge < -0.3 is 9.47 Å². The van der Waals surface area contributed by atoms with Gasteiger partial charge in [0.1, 0.15) is 12.2 Å². The molecule has 0 radical (unpaired) electrons. The summed E-state index contributed by atoms with van der Waals surface area (Å²) in [4.78, 5) is 12.1. The van der Waals surface area contributed by atoms with Crippen LogP contribution >= 0.6 is 0 Å². The van der Waals surface area contributed by atoms with Crippen molar-refractivity contribution in [3.8, 4) is 0 Å². The van der Waals surface area contributed by atoms with Crippen LogP contribution in [0.2, 0.25) is 0 Å². The highest BCUT2D eigenvalue weighted by atomic mass is 16.6. The van der Waals surface area contributed by atoms with Crippen molar-refractivity contribution in [3.05, 3.63) is 35.4 Å². The summed E-state index contributed by atoms with van der Waals surface area (Å²) in [5, 5.41) is 0. The van der Waals surface area contributed by atoms with Crippen LogP contribution < -0.4 is 0 Å². The molecule has 1 fully saturated rings. The van der Waals surface area contributed by atoms with Crippen molar-refractivity contribution in [3.63, 3.8) is 0 Å². The lowest BCUT2D eigenvalue weighted by molar-refractivity contribution is -0.141. The summed E-state index contributed by atoms with van der Waals surface area (Å²) in [5.41, 5.74) is 1.96. The Balaban J connectivity index is 1.96. The van der Waals surface area contributed by atoms with Gasteiger partial charge in [0.2, 0.25) is 0 Å². The fraction of sp³-hybridized carbons (Fsp3) is 0.500. The van der Waals surface area contributed by atoms with Crippen LogP contribution in [-0.2, 0) is 15.9 Å². The maximum atomic E-state index is 12.1. The molecule has 3 heteroatoms. The molecule has 0 amide bonds. The van der Waals surface area contributed by atoms with Crippen molar-refractivity contribution in [1.29, 1.82) is 0 Å². The molecule has 17 heavy (non-hydrogen) atoms. The Labute approximate surface area is 102 Å². The summed E-state index contributed by atoms with van der Waals surface area (Å²) in [6.07, 6.45) is 0.681. The van der Waals surface area contributed by atoms with E-state index in [9.17, 15) is 4.79 Å². The first-order chi connectivity index (χ1) is 8.20. The summed E-state index contributed by atoms with van der Waals surface area (Å²) in [5.74, 6) is 0.0413. The van der Waals surface area contributed by atoms with Gasteiger partial charge in [-0.05, 0) is 18.9 Å². The number of hydrogen-bond acceptors (Lipinski definition) is 3. The van der Waals surface area contributed by atoms with Crippen LogP contribution in [0.1, 0.15) is 29.8 Å². The van der Waals surface area contributed by atoms with Gasteiger partial charge in [0.25, 0.3) is 0 Å². The van der Waals surface area contributed by atoms with Crippen molar-refractivity contribution in [2.24, 2.45) is 0 Å². The molecular weight excluding hydrogens is 216 g/mol. The summed E-state index contributed by atoms with van der Waals surface area (Å²) in [6, 6.07) is 7.73. The molecule has 0 bridgehead atoms. The van der Waals surface area contributed by atoms with E-state index in [1.807, 2.05) is 24.3 Å². The van der Waals surface area contributed by atoms with Crippen molar-refractivity contribution >= 4 is 5.78 Å². The second kappa shape index (κ2) is 5.43. The molecule has 1 saturated heterocycles. The van der Waals surface area contributed by atoms with Crippen LogP contribution in [0.25, 0.3) is 0 Å². The number of carbonyl (C=O) groups is 1. The zero-order valence-electron chi connectivity index (χ0n) is 10.3. The highest BCUT2D eigenvalue weighted by molar-refractivity contribution is 5.99. The molecule has 0 spiro atoms. The Morgan fingerprint density at radius 3 is 2.53 bits per heavy atom. The largest absolute Gasteiger partial charge is 0.376 e. The number of Topliss-reactive ketones (excluding diaryl/α,β-unsaturated/α-hetero) is 1. The quantitative estimate of drug-likeness (QED) is 0.733. The average Bonchev–Trinajstić information content (AvgIpc) is 2.32. The van der Waals surface area contributed by atoms with Gasteiger partial charge in [0, 0.05) is 5.56 Å². The molecule has 1 heterocycles. The van der Waals surface area contributed by atoms with Crippen LogP contribution in [0.5, 0.6) is 0 Å². The molecule has 1 aromatic carbocycles. The molecule has 0 saturated carbocycles. The second-order valence-corrected chi connectivity index (χ2v) is 4.35. The molecule has 1 aliphatic rings. The molecular formula is C14H18O3. The zero-order valence-corrected chi connectivity index (χ0v) is 10.3. The topological polar surface area (TPSA) is 35.5 Å². The molecule has 0 N–H and O–H groups in total. The first kappa shape index (κ1) is 12.3. The highest BCUT2D eigenvalue weighted by Gasteiger charge is 2.25. The summed E-state index contributed by atoms with van der Waals surface area (Å²) >= 11 is 0. The number of hydrogen-bond donors (Lipinski definition) is 0. The summed E-state index contributed by atoms with van der Waals surface area (Å²) < 4.78 is 10.6. The molecule has 92 valence electrons. The third-order valence-electron chi connectivity index (χ3n) is 3.02. The van der Waals surface area contributed by atoms with Gasteiger partial charge >= 0.3 is 0 Å². The minimum Gasteiger partial charge on any atom is -0.376 e. The van der Waals surface area contributed by atoms with Gasteiger partial charge in [0.05, 0.1) is 13.2 Å². The first-order valence-electron chi connectivity index (χ1n) is 6.07. The predicted octanol–water partition coefficient (Wildman–Crippen LogP) is 2.24. The molecule has 3 nitrogen and oxygen atoms in total. The lowest BCUT2D eigenvalue weighted by Gasteiger charge is -2.28. The molecule has 0 aromatic heterocycles. The maximum Gasteiger partial charge on any atom is 0.191 e. The number of benzene rings is 1. The van der Waals surface area contributed by atoms with Gasteiger partial charge in [-0.2, -0.15) is 0 Å². The molecule has 0 aliphatic carbocycles. The highest BCUT2D eigenvalue weighted by Crippen LogP contribution is 2.13.